The predicted octanol–water partition coefficient (Wildman–Crippen LogP) is 1.93. The molecule has 1 aromatic carbocycles. The molecular formula is C17H24N2O3. The molecule has 1 aromatic rings. The first kappa shape index (κ1) is 16.4. The van der Waals surface area contributed by atoms with Gasteiger partial charge in [-0.25, -0.2) is 0 Å². The van der Waals surface area contributed by atoms with E-state index in [2.05, 4.69) is 5.32 Å². The molecule has 1 amide bonds. The van der Waals surface area contributed by atoms with Crippen molar-refractivity contribution in [2.24, 2.45) is 0 Å². The number of nitrogens with one attached hydrogen (secondary N) is 1. The third kappa shape index (κ3) is 4.49. The molecule has 0 saturated carbocycles. The van der Waals surface area contributed by atoms with Gasteiger partial charge in [0.05, 0.1) is 13.7 Å². The maximum absolute atomic E-state index is 12.2. The predicted molar refractivity (Wildman–Crippen MR) is 87.3 cm³/mol. The maximum Gasteiger partial charge on any atom is 0.246 e. The van der Waals surface area contributed by atoms with Crippen LogP contribution in [0.15, 0.2) is 24.3 Å². The van der Waals surface area contributed by atoms with Gasteiger partial charge in [0, 0.05) is 25.7 Å². The highest BCUT2D eigenvalue weighted by atomic mass is 16.5. The summed E-state index contributed by atoms with van der Waals surface area (Å²) in [7, 11) is 1.61. The Labute approximate surface area is 131 Å². The molecule has 5 nitrogen and oxygen atoms in total. The Kier molecular flexibility index (Phi) is 6.27. The highest BCUT2D eigenvalue weighted by Gasteiger charge is 2.12. The molecule has 5 heteroatoms. The van der Waals surface area contributed by atoms with Crippen LogP contribution in [0.2, 0.25) is 0 Å². The summed E-state index contributed by atoms with van der Waals surface area (Å²) in [5.41, 5.74) is 0.918. The van der Waals surface area contributed by atoms with Crippen LogP contribution in [0.5, 0.6) is 11.5 Å². The van der Waals surface area contributed by atoms with E-state index in [-0.39, 0.29) is 5.91 Å². The van der Waals surface area contributed by atoms with Gasteiger partial charge in [-0.2, -0.15) is 0 Å². The van der Waals surface area contributed by atoms with Gasteiger partial charge in [-0.1, -0.05) is 6.07 Å². The van der Waals surface area contributed by atoms with Crippen LogP contribution in [0.1, 0.15) is 18.9 Å². The van der Waals surface area contributed by atoms with Gasteiger partial charge < -0.3 is 19.7 Å². The van der Waals surface area contributed by atoms with Crippen LogP contribution < -0.4 is 14.8 Å². The Hall–Kier alpha value is -2.01. The molecule has 0 radical (unpaired) electrons. The van der Waals surface area contributed by atoms with Crippen molar-refractivity contribution in [3.63, 3.8) is 0 Å². The summed E-state index contributed by atoms with van der Waals surface area (Å²) in [6, 6.07) is 5.66. The molecule has 1 N–H and O–H groups in total. The zero-order valence-corrected chi connectivity index (χ0v) is 13.3. The molecule has 0 bridgehead atoms. The molecular weight excluding hydrogens is 280 g/mol. The van der Waals surface area contributed by atoms with E-state index < -0.39 is 0 Å². The molecule has 22 heavy (non-hydrogen) atoms. The van der Waals surface area contributed by atoms with Crippen molar-refractivity contribution in [3.8, 4) is 11.5 Å². The Balaban J connectivity index is 2.03. The van der Waals surface area contributed by atoms with E-state index in [0.29, 0.717) is 18.1 Å². The van der Waals surface area contributed by atoms with E-state index >= 15 is 0 Å². The summed E-state index contributed by atoms with van der Waals surface area (Å²) in [5, 5.41) is 3.29. The number of carbonyl (C=O) groups is 1. The number of hydrogen-bond donors (Lipinski definition) is 1. The molecule has 0 spiro atoms. The van der Waals surface area contributed by atoms with Gasteiger partial charge in [-0.05, 0) is 43.7 Å². The highest BCUT2D eigenvalue weighted by Crippen LogP contribution is 2.28. The first-order valence-electron chi connectivity index (χ1n) is 7.73. The van der Waals surface area contributed by atoms with E-state index in [1.807, 2.05) is 36.1 Å². The third-order valence-corrected chi connectivity index (χ3v) is 3.56. The van der Waals surface area contributed by atoms with Crippen molar-refractivity contribution >= 4 is 12.0 Å². The summed E-state index contributed by atoms with van der Waals surface area (Å²) >= 11 is 0. The molecule has 0 aliphatic carbocycles. The lowest BCUT2D eigenvalue weighted by Gasteiger charge is -2.17. The number of nitrogens with zero attached hydrogens (tertiary/aromatic N) is 1. The summed E-state index contributed by atoms with van der Waals surface area (Å²) < 4.78 is 10.8. The van der Waals surface area contributed by atoms with E-state index in [0.717, 1.165) is 38.2 Å². The summed E-state index contributed by atoms with van der Waals surface area (Å²) in [4.78, 5) is 14.1. The third-order valence-electron chi connectivity index (χ3n) is 3.56. The van der Waals surface area contributed by atoms with Crippen LogP contribution in [-0.2, 0) is 4.79 Å². The van der Waals surface area contributed by atoms with E-state index in [1.165, 1.54) is 0 Å². The van der Waals surface area contributed by atoms with E-state index in [1.54, 1.807) is 13.2 Å². The van der Waals surface area contributed by atoms with E-state index in [9.17, 15) is 4.79 Å². The van der Waals surface area contributed by atoms with Crippen molar-refractivity contribution in [2.45, 2.75) is 13.3 Å². The van der Waals surface area contributed by atoms with Crippen LogP contribution >= 0.6 is 0 Å². The lowest BCUT2D eigenvalue weighted by molar-refractivity contribution is -0.125. The lowest BCUT2D eigenvalue weighted by Crippen LogP contribution is -2.32. The van der Waals surface area contributed by atoms with Gasteiger partial charge in [-0.15, -0.1) is 0 Å². The second-order valence-electron chi connectivity index (χ2n) is 5.11. The first-order valence-corrected chi connectivity index (χ1v) is 7.73. The zero-order valence-electron chi connectivity index (χ0n) is 13.3. The molecule has 1 fully saturated rings. The molecule has 1 aliphatic heterocycles. The Bertz CT molecular complexity index is 521. The maximum atomic E-state index is 12.2. The van der Waals surface area contributed by atoms with Crippen LogP contribution in [0.4, 0.5) is 0 Å². The lowest BCUT2D eigenvalue weighted by atomic mass is 10.2. The quantitative estimate of drug-likeness (QED) is 0.845. The molecule has 2 rings (SSSR count). The van der Waals surface area contributed by atoms with Crippen molar-refractivity contribution in [1.82, 2.24) is 10.2 Å². The standard InChI is InChI=1S/C17H24N2O3/c1-3-22-15-7-5-14(13-16(15)21-2)6-8-17(20)19-11-4-9-18-10-12-19/h5-8,13,18H,3-4,9-12H2,1-2H3/b8-6+. The second kappa shape index (κ2) is 8.44. The zero-order chi connectivity index (χ0) is 15.8. The molecule has 0 unspecified atom stereocenters. The van der Waals surface area contributed by atoms with Crippen LogP contribution in [0, 0.1) is 0 Å². The van der Waals surface area contributed by atoms with Gasteiger partial charge in [0.2, 0.25) is 5.91 Å². The van der Waals surface area contributed by atoms with Crippen LogP contribution in [0.25, 0.3) is 6.08 Å². The van der Waals surface area contributed by atoms with Crippen LogP contribution in [-0.4, -0.2) is 50.7 Å². The normalized spacial score (nSPS) is 15.6. The minimum Gasteiger partial charge on any atom is -0.493 e. The Morgan fingerprint density at radius 3 is 2.95 bits per heavy atom. The van der Waals surface area contributed by atoms with Gasteiger partial charge >= 0.3 is 0 Å². The van der Waals surface area contributed by atoms with E-state index in [4.69, 9.17) is 9.47 Å². The average Bonchev–Trinajstić information content (AvgIpc) is 2.83. The fourth-order valence-corrected chi connectivity index (χ4v) is 2.40. The van der Waals surface area contributed by atoms with Gasteiger partial charge in [0.25, 0.3) is 0 Å². The van der Waals surface area contributed by atoms with Gasteiger partial charge in [0.1, 0.15) is 0 Å². The smallest absolute Gasteiger partial charge is 0.246 e. The summed E-state index contributed by atoms with van der Waals surface area (Å²) in [6.45, 7) is 5.92. The second-order valence-corrected chi connectivity index (χ2v) is 5.11. The molecule has 1 saturated heterocycles. The average molecular weight is 304 g/mol. The van der Waals surface area contributed by atoms with Crippen molar-refractivity contribution in [1.29, 1.82) is 0 Å². The molecule has 1 aliphatic rings. The fraction of sp³-hybridized carbons (Fsp3) is 0.471. The Morgan fingerprint density at radius 2 is 2.18 bits per heavy atom. The number of carbonyl (C=O) groups excluding carboxylic acids is 1. The summed E-state index contributed by atoms with van der Waals surface area (Å²) in [6.07, 6.45) is 4.44. The topological polar surface area (TPSA) is 50.8 Å². The number of hydrogen-bond acceptors (Lipinski definition) is 4. The fourth-order valence-electron chi connectivity index (χ4n) is 2.40. The van der Waals surface area contributed by atoms with Crippen molar-refractivity contribution in [2.75, 3.05) is 39.9 Å². The highest BCUT2D eigenvalue weighted by molar-refractivity contribution is 5.91. The minimum atomic E-state index is 0.0524. The van der Waals surface area contributed by atoms with Crippen molar-refractivity contribution < 1.29 is 14.3 Å². The van der Waals surface area contributed by atoms with Crippen LogP contribution in [0.3, 0.4) is 0 Å². The van der Waals surface area contributed by atoms with Gasteiger partial charge in [-0.3, -0.25) is 4.79 Å². The number of ether oxygens (including phenoxy) is 2. The number of methoxy groups -OCH3 is 1. The minimum absolute atomic E-state index is 0.0524. The Morgan fingerprint density at radius 1 is 1.32 bits per heavy atom. The first-order chi connectivity index (χ1) is 10.7. The number of rotatable bonds is 5. The monoisotopic (exact) mass is 304 g/mol. The summed E-state index contributed by atoms with van der Waals surface area (Å²) in [5.74, 6) is 1.44. The molecule has 0 atom stereocenters. The van der Waals surface area contributed by atoms with Crippen molar-refractivity contribution in [3.05, 3.63) is 29.8 Å². The number of amides is 1. The molecule has 120 valence electrons. The SMILES string of the molecule is CCOc1ccc(/C=C/C(=O)N2CCCNCC2)cc1OC. The molecule has 0 aromatic heterocycles. The number of benzene rings is 1. The largest absolute Gasteiger partial charge is 0.493 e. The molecule has 1 heterocycles. The van der Waals surface area contributed by atoms with Gasteiger partial charge in [0.15, 0.2) is 11.5 Å².